The summed E-state index contributed by atoms with van der Waals surface area (Å²) in [5.74, 6) is -2.55. The van der Waals surface area contributed by atoms with E-state index in [1.54, 1.807) is 6.92 Å². The van der Waals surface area contributed by atoms with Crippen LogP contribution in [0, 0.1) is 5.92 Å². The summed E-state index contributed by atoms with van der Waals surface area (Å²) in [5.41, 5.74) is -0.465. The van der Waals surface area contributed by atoms with Crippen molar-refractivity contribution >= 4 is 23.7 Å². The third-order valence-corrected chi connectivity index (χ3v) is 4.68. The molecule has 0 unspecified atom stereocenters. The summed E-state index contributed by atoms with van der Waals surface area (Å²) in [7, 11) is 0. The molecule has 9 heteroatoms. The van der Waals surface area contributed by atoms with Crippen molar-refractivity contribution in [2.45, 2.75) is 91.1 Å². The van der Waals surface area contributed by atoms with E-state index in [9.17, 15) is 24.3 Å². The van der Waals surface area contributed by atoms with Crippen molar-refractivity contribution in [3.8, 4) is 0 Å². The van der Waals surface area contributed by atoms with Crippen molar-refractivity contribution in [2.24, 2.45) is 5.92 Å². The van der Waals surface area contributed by atoms with Crippen molar-refractivity contribution in [1.82, 2.24) is 15.5 Å². The number of nitrogens with one attached hydrogen (secondary N) is 2. The van der Waals surface area contributed by atoms with Gasteiger partial charge in [-0.1, -0.05) is 20.8 Å². The van der Waals surface area contributed by atoms with Crippen molar-refractivity contribution in [2.75, 3.05) is 6.54 Å². The molecule has 4 atom stereocenters. The van der Waals surface area contributed by atoms with E-state index >= 15 is 0 Å². The largest absolute Gasteiger partial charge is 0.480 e. The lowest BCUT2D eigenvalue weighted by Crippen LogP contribution is -2.56. The maximum absolute atomic E-state index is 13.2. The van der Waals surface area contributed by atoms with Gasteiger partial charge in [0.1, 0.15) is 18.1 Å². The highest BCUT2D eigenvalue weighted by molar-refractivity contribution is 5.93. The Morgan fingerprint density at radius 1 is 1.17 bits per heavy atom. The first-order chi connectivity index (χ1) is 13.3. The van der Waals surface area contributed by atoms with E-state index in [0.717, 1.165) is 0 Å². The summed E-state index contributed by atoms with van der Waals surface area (Å²) < 4.78 is 5.98. The van der Waals surface area contributed by atoms with E-state index in [-0.39, 0.29) is 43.2 Å². The Hall–Kier alpha value is -2.16. The molecule has 29 heavy (non-hydrogen) atoms. The quantitative estimate of drug-likeness (QED) is 0.543. The van der Waals surface area contributed by atoms with Crippen molar-refractivity contribution in [3.05, 3.63) is 0 Å². The van der Waals surface area contributed by atoms with Crippen LogP contribution in [0.1, 0.15) is 61.3 Å². The number of nitrogens with zero attached hydrogens (tertiary/aromatic N) is 1. The molecule has 0 aromatic heterocycles. The molecule has 1 aliphatic rings. The van der Waals surface area contributed by atoms with Crippen LogP contribution in [0.15, 0.2) is 0 Å². The highest BCUT2D eigenvalue weighted by Crippen LogP contribution is 2.26. The molecule has 0 radical (unpaired) electrons. The third kappa shape index (κ3) is 7.30. The Morgan fingerprint density at radius 3 is 2.17 bits per heavy atom. The van der Waals surface area contributed by atoms with Gasteiger partial charge >= 0.3 is 5.97 Å². The van der Waals surface area contributed by atoms with E-state index in [1.165, 1.54) is 11.8 Å². The minimum absolute atomic E-state index is 0.180. The van der Waals surface area contributed by atoms with Crippen LogP contribution in [0.3, 0.4) is 0 Å². The molecule has 166 valence electrons. The van der Waals surface area contributed by atoms with Crippen LogP contribution in [0.4, 0.5) is 0 Å². The molecule has 0 bridgehead atoms. The Morgan fingerprint density at radius 2 is 1.76 bits per heavy atom. The Kier molecular flexibility index (Phi) is 8.62. The van der Waals surface area contributed by atoms with Gasteiger partial charge in [0.25, 0.3) is 0 Å². The molecule has 0 aromatic carbocycles. The van der Waals surface area contributed by atoms with Gasteiger partial charge in [-0.05, 0) is 33.1 Å². The van der Waals surface area contributed by atoms with Crippen LogP contribution in [0.2, 0.25) is 0 Å². The summed E-state index contributed by atoms with van der Waals surface area (Å²) in [5, 5.41) is 14.4. The molecule has 1 rings (SSSR count). The number of likely N-dealkylation sites (tertiary alicyclic amines) is 1. The molecule has 0 saturated carbocycles. The number of amides is 3. The molecule has 9 nitrogen and oxygen atoms in total. The van der Waals surface area contributed by atoms with Crippen LogP contribution in [0.25, 0.3) is 0 Å². The molecule has 1 aliphatic heterocycles. The third-order valence-electron chi connectivity index (χ3n) is 4.68. The summed E-state index contributed by atoms with van der Waals surface area (Å²) in [4.78, 5) is 50.3. The van der Waals surface area contributed by atoms with Gasteiger partial charge in [-0.3, -0.25) is 14.4 Å². The minimum Gasteiger partial charge on any atom is -0.480 e. The molecule has 3 amide bonds. The van der Waals surface area contributed by atoms with Crippen LogP contribution >= 0.6 is 0 Å². The Labute approximate surface area is 172 Å². The molecule has 0 aromatic rings. The van der Waals surface area contributed by atoms with Gasteiger partial charge in [0.05, 0.1) is 11.7 Å². The highest BCUT2D eigenvalue weighted by Gasteiger charge is 2.44. The fourth-order valence-electron chi connectivity index (χ4n) is 3.39. The van der Waals surface area contributed by atoms with Gasteiger partial charge < -0.3 is 25.4 Å². The van der Waals surface area contributed by atoms with Gasteiger partial charge in [-0.2, -0.15) is 0 Å². The molecule has 1 saturated heterocycles. The lowest BCUT2D eigenvalue weighted by molar-refractivity contribution is -0.145. The monoisotopic (exact) mass is 413 g/mol. The van der Waals surface area contributed by atoms with Crippen LogP contribution in [-0.2, 0) is 23.9 Å². The Bertz CT molecular complexity index is 628. The SMILES string of the molecule is CC[C@H](NC(=O)[C@@H]1C[C@@H](OC(C)(C)C)CN1C(=O)[C@@H](NC(C)=O)C(C)C)C(=O)O. The van der Waals surface area contributed by atoms with Crippen LogP contribution in [-0.4, -0.2) is 70.1 Å². The molecule has 1 fully saturated rings. The standard InChI is InChI=1S/C20H35N3O6/c1-8-14(19(27)28)22-17(25)15-9-13(29-20(5,6)7)10-23(15)18(26)16(11(2)3)21-12(4)24/h11,13-16H,8-10H2,1-7H3,(H,21,24)(H,22,25)(H,27,28)/t13-,14+,15+,16+/m1/s1. The minimum atomic E-state index is -1.13. The number of rotatable bonds is 8. The second-order valence-electron chi connectivity index (χ2n) is 8.82. The highest BCUT2D eigenvalue weighted by atomic mass is 16.5. The predicted molar refractivity (Wildman–Crippen MR) is 107 cm³/mol. The summed E-state index contributed by atoms with van der Waals surface area (Å²) in [6.45, 7) is 12.5. The fraction of sp³-hybridized carbons (Fsp3) is 0.800. The lowest BCUT2D eigenvalue weighted by atomic mass is 10.0. The van der Waals surface area contributed by atoms with E-state index in [2.05, 4.69) is 10.6 Å². The average Bonchev–Trinajstić information content (AvgIpc) is 2.97. The first-order valence-electron chi connectivity index (χ1n) is 10.0. The number of carboxylic acids is 1. The number of carbonyl (C=O) groups excluding carboxylic acids is 3. The molecule has 3 N–H and O–H groups in total. The van der Waals surface area contributed by atoms with Gasteiger partial charge in [0, 0.05) is 19.9 Å². The van der Waals surface area contributed by atoms with E-state index in [0.29, 0.717) is 0 Å². The topological polar surface area (TPSA) is 125 Å². The van der Waals surface area contributed by atoms with E-state index in [4.69, 9.17) is 4.74 Å². The molecule has 0 spiro atoms. The molecular formula is C20H35N3O6. The number of carbonyl (C=O) groups is 4. The fourth-order valence-corrected chi connectivity index (χ4v) is 3.39. The zero-order valence-corrected chi connectivity index (χ0v) is 18.4. The number of hydrogen-bond donors (Lipinski definition) is 3. The second kappa shape index (κ2) is 10.0. The summed E-state index contributed by atoms with van der Waals surface area (Å²) in [6.07, 6.45) is 0.115. The molecule has 1 heterocycles. The number of carboxylic acid groups (broad SMARTS) is 1. The van der Waals surface area contributed by atoms with E-state index < -0.39 is 35.6 Å². The predicted octanol–water partition coefficient (Wildman–Crippen LogP) is 0.911. The number of hydrogen-bond acceptors (Lipinski definition) is 5. The van der Waals surface area contributed by atoms with Gasteiger partial charge in [-0.15, -0.1) is 0 Å². The van der Waals surface area contributed by atoms with Gasteiger partial charge in [-0.25, -0.2) is 4.79 Å². The van der Waals surface area contributed by atoms with E-state index in [1.807, 2.05) is 34.6 Å². The zero-order valence-electron chi connectivity index (χ0n) is 18.4. The molecule has 0 aliphatic carbocycles. The zero-order chi connectivity index (χ0) is 22.5. The van der Waals surface area contributed by atoms with Gasteiger partial charge in [0.2, 0.25) is 17.7 Å². The second-order valence-corrected chi connectivity index (χ2v) is 8.82. The first kappa shape index (κ1) is 24.9. The average molecular weight is 414 g/mol. The van der Waals surface area contributed by atoms with Crippen LogP contribution in [0.5, 0.6) is 0 Å². The van der Waals surface area contributed by atoms with Crippen molar-refractivity contribution in [3.63, 3.8) is 0 Å². The maximum atomic E-state index is 13.2. The lowest BCUT2D eigenvalue weighted by Gasteiger charge is -2.30. The summed E-state index contributed by atoms with van der Waals surface area (Å²) in [6, 6.07) is -2.67. The smallest absolute Gasteiger partial charge is 0.326 e. The first-order valence-corrected chi connectivity index (χ1v) is 10.0. The normalized spacial score (nSPS) is 21.6. The number of ether oxygens (including phenoxy) is 1. The summed E-state index contributed by atoms with van der Waals surface area (Å²) >= 11 is 0. The van der Waals surface area contributed by atoms with Crippen molar-refractivity contribution < 1.29 is 29.0 Å². The van der Waals surface area contributed by atoms with Crippen LogP contribution < -0.4 is 10.6 Å². The maximum Gasteiger partial charge on any atom is 0.326 e. The van der Waals surface area contributed by atoms with Crippen molar-refractivity contribution in [1.29, 1.82) is 0 Å². The number of aliphatic carboxylic acids is 1. The Balaban J connectivity index is 3.12. The van der Waals surface area contributed by atoms with Gasteiger partial charge in [0.15, 0.2) is 0 Å². The molecular weight excluding hydrogens is 378 g/mol.